The molecule has 0 bridgehead atoms. The van der Waals surface area contributed by atoms with Crippen LogP contribution in [0.25, 0.3) is 0 Å². The summed E-state index contributed by atoms with van der Waals surface area (Å²) in [5.74, 6) is -19.1. The summed E-state index contributed by atoms with van der Waals surface area (Å²) in [7, 11) is 0. The van der Waals surface area contributed by atoms with Crippen molar-refractivity contribution < 1.29 is 40.6 Å². The Morgan fingerprint density at radius 1 is 0.895 bits per heavy atom. The lowest BCUT2D eigenvalue weighted by molar-refractivity contribution is -0.139. The molecule has 1 N–H and O–H groups in total. The summed E-state index contributed by atoms with van der Waals surface area (Å²) in [6.45, 7) is 0. The van der Waals surface area contributed by atoms with E-state index < -0.39 is 59.4 Å². The smallest absolute Gasteiger partial charge is 0.303 e. The van der Waals surface area contributed by atoms with Crippen LogP contribution in [0.2, 0.25) is 0 Å². The van der Waals surface area contributed by atoms with Crippen LogP contribution in [0.1, 0.15) is 18.4 Å². The number of alkyl halides is 2. The average molecular weight is 290 g/mol. The molecule has 0 radical (unpaired) electrons. The number of benzene rings is 1. The number of hydrogen-bond donors (Lipinski definition) is 1. The van der Waals surface area contributed by atoms with E-state index in [2.05, 4.69) is 0 Å². The fourth-order valence-corrected chi connectivity index (χ4v) is 1.31. The first-order valence-corrected chi connectivity index (χ1v) is 4.71. The molecule has 0 saturated carbocycles. The van der Waals surface area contributed by atoms with Crippen molar-refractivity contribution in [1.82, 2.24) is 0 Å². The van der Waals surface area contributed by atoms with Crippen LogP contribution in [0.3, 0.4) is 0 Å². The molecule has 0 atom stereocenters. The van der Waals surface area contributed by atoms with Gasteiger partial charge in [-0.3, -0.25) is 4.79 Å². The van der Waals surface area contributed by atoms with Crippen molar-refractivity contribution in [2.24, 2.45) is 0 Å². The topological polar surface area (TPSA) is 37.3 Å². The van der Waals surface area contributed by atoms with Crippen LogP contribution in [0.15, 0.2) is 0 Å². The van der Waals surface area contributed by atoms with Gasteiger partial charge in [-0.05, 0) is 0 Å². The van der Waals surface area contributed by atoms with Crippen molar-refractivity contribution in [3.63, 3.8) is 0 Å². The van der Waals surface area contributed by atoms with E-state index >= 15 is 0 Å². The normalized spacial score (nSPS) is 11.7. The van der Waals surface area contributed by atoms with Gasteiger partial charge in [0.05, 0.1) is 12.0 Å². The van der Waals surface area contributed by atoms with Crippen LogP contribution in [0.4, 0.5) is 30.7 Å². The summed E-state index contributed by atoms with van der Waals surface area (Å²) >= 11 is 0. The molecule has 1 aromatic carbocycles. The molecule has 1 aromatic rings. The summed E-state index contributed by atoms with van der Waals surface area (Å²) in [6.07, 6.45) is -2.80. The molecule has 0 heterocycles. The van der Waals surface area contributed by atoms with Crippen molar-refractivity contribution >= 4 is 5.97 Å². The van der Waals surface area contributed by atoms with Gasteiger partial charge in [0.25, 0.3) is 5.92 Å². The second kappa shape index (κ2) is 5.06. The molecule has 1 rings (SSSR count). The zero-order valence-corrected chi connectivity index (χ0v) is 8.92. The third-order valence-electron chi connectivity index (χ3n) is 2.23. The van der Waals surface area contributed by atoms with E-state index in [9.17, 15) is 35.5 Å². The summed E-state index contributed by atoms with van der Waals surface area (Å²) in [4.78, 5) is 10.1. The van der Waals surface area contributed by atoms with Crippen LogP contribution >= 0.6 is 0 Å². The van der Waals surface area contributed by atoms with Gasteiger partial charge >= 0.3 is 5.97 Å². The highest BCUT2D eigenvalue weighted by molar-refractivity contribution is 5.66. The van der Waals surface area contributed by atoms with E-state index in [0.717, 1.165) is 0 Å². The molecule has 9 heteroatoms. The Kier molecular flexibility index (Phi) is 4.06. The summed E-state index contributed by atoms with van der Waals surface area (Å²) in [5.41, 5.74) is -2.33. The van der Waals surface area contributed by atoms with E-state index in [1.54, 1.807) is 0 Å². The van der Waals surface area contributed by atoms with Crippen molar-refractivity contribution in [3.8, 4) is 0 Å². The minimum atomic E-state index is -4.50. The monoisotopic (exact) mass is 290 g/mol. The van der Waals surface area contributed by atoms with Crippen LogP contribution in [0, 0.1) is 29.1 Å². The molecule has 0 aromatic heterocycles. The predicted molar refractivity (Wildman–Crippen MR) is 47.0 cm³/mol. The molecule has 0 aliphatic rings. The van der Waals surface area contributed by atoms with Crippen LogP contribution in [0.5, 0.6) is 0 Å². The second-order valence-corrected chi connectivity index (χ2v) is 3.54. The first-order valence-electron chi connectivity index (χ1n) is 4.71. The van der Waals surface area contributed by atoms with Gasteiger partial charge in [0.2, 0.25) is 5.82 Å². The molecule has 0 aliphatic heterocycles. The van der Waals surface area contributed by atoms with E-state index in [1.807, 2.05) is 0 Å². The van der Waals surface area contributed by atoms with E-state index in [0.29, 0.717) is 0 Å². The number of rotatable bonds is 4. The highest BCUT2D eigenvalue weighted by Crippen LogP contribution is 2.38. The van der Waals surface area contributed by atoms with Crippen LogP contribution in [-0.4, -0.2) is 11.1 Å². The van der Waals surface area contributed by atoms with Gasteiger partial charge in [0.1, 0.15) is 0 Å². The third kappa shape index (κ3) is 2.79. The molecule has 106 valence electrons. The number of carboxylic acid groups (broad SMARTS) is 1. The van der Waals surface area contributed by atoms with Gasteiger partial charge in [-0.1, -0.05) is 0 Å². The maximum atomic E-state index is 13.3. The molecule has 0 spiro atoms. The lowest BCUT2D eigenvalue weighted by atomic mass is 10.0. The zero-order valence-electron chi connectivity index (χ0n) is 8.92. The Balaban J connectivity index is 3.38. The van der Waals surface area contributed by atoms with E-state index in [1.165, 1.54) is 0 Å². The molecular weight excluding hydrogens is 285 g/mol. The maximum Gasteiger partial charge on any atom is 0.303 e. The van der Waals surface area contributed by atoms with Crippen LogP contribution < -0.4 is 0 Å². The van der Waals surface area contributed by atoms with Gasteiger partial charge in [0.15, 0.2) is 23.3 Å². The maximum absolute atomic E-state index is 13.3. The second-order valence-electron chi connectivity index (χ2n) is 3.54. The molecule has 0 aliphatic carbocycles. The van der Waals surface area contributed by atoms with Crippen molar-refractivity contribution in [3.05, 3.63) is 34.6 Å². The predicted octanol–water partition coefficient (Wildman–Crippen LogP) is 3.34. The number of hydrogen-bond acceptors (Lipinski definition) is 1. The first-order chi connectivity index (χ1) is 8.59. The first kappa shape index (κ1) is 15.3. The fourth-order valence-electron chi connectivity index (χ4n) is 1.31. The quantitative estimate of drug-likeness (QED) is 0.524. The molecule has 0 amide bonds. The highest BCUT2D eigenvalue weighted by Gasteiger charge is 2.42. The Labute approximate surface area is 101 Å². The van der Waals surface area contributed by atoms with Crippen LogP contribution in [-0.2, 0) is 10.7 Å². The molecule has 0 unspecified atom stereocenters. The Morgan fingerprint density at radius 3 is 1.63 bits per heavy atom. The molecular formula is C10H5F7O2. The summed E-state index contributed by atoms with van der Waals surface area (Å²) in [6, 6.07) is 0. The summed E-state index contributed by atoms with van der Waals surface area (Å²) in [5, 5.41) is 8.19. The van der Waals surface area contributed by atoms with Crippen molar-refractivity contribution in [1.29, 1.82) is 0 Å². The SMILES string of the molecule is O=C(O)CCC(F)(F)c1c(F)c(F)c(F)c(F)c1F. The van der Waals surface area contributed by atoms with E-state index in [4.69, 9.17) is 5.11 Å². The van der Waals surface area contributed by atoms with Gasteiger partial charge in [0, 0.05) is 6.42 Å². The molecule has 2 nitrogen and oxygen atoms in total. The summed E-state index contributed by atoms with van der Waals surface area (Å²) < 4.78 is 90.9. The Hall–Kier alpha value is -1.80. The lowest BCUT2D eigenvalue weighted by Gasteiger charge is -2.18. The third-order valence-corrected chi connectivity index (χ3v) is 2.23. The highest BCUT2D eigenvalue weighted by atomic mass is 19.3. The standard InChI is InChI=1S/C10H5F7O2/c11-5-4(10(16,17)2-1-3(18)19)6(12)8(14)9(15)7(5)13/h1-2H2,(H,18,19). The Morgan fingerprint density at radius 2 is 1.26 bits per heavy atom. The number of halogens is 7. The molecule has 0 saturated heterocycles. The zero-order chi connectivity index (χ0) is 15.0. The minimum Gasteiger partial charge on any atom is -0.481 e. The van der Waals surface area contributed by atoms with Crippen molar-refractivity contribution in [2.45, 2.75) is 18.8 Å². The van der Waals surface area contributed by atoms with Gasteiger partial charge in [-0.15, -0.1) is 0 Å². The lowest BCUT2D eigenvalue weighted by Crippen LogP contribution is -2.22. The van der Waals surface area contributed by atoms with Gasteiger partial charge in [-0.25, -0.2) is 30.7 Å². The number of carboxylic acids is 1. The Bertz CT molecular complexity index is 498. The minimum absolute atomic E-state index is 1.20. The molecule has 0 fully saturated rings. The number of aliphatic carboxylic acids is 1. The van der Waals surface area contributed by atoms with Gasteiger partial charge < -0.3 is 5.11 Å². The van der Waals surface area contributed by atoms with Crippen molar-refractivity contribution in [2.75, 3.05) is 0 Å². The fraction of sp³-hybridized carbons (Fsp3) is 0.300. The van der Waals surface area contributed by atoms with E-state index in [-0.39, 0.29) is 0 Å². The largest absolute Gasteiger partial charge is 0.481 e. The molecule has 19 heavy (non-hydrogen) atoms. The number of carbonyl (C=O) groups is 1. The average Bonchev–Trinajstić information content (AvgIpc) is 2.31. The van der Waals surface area contributed by atoms with Gasteiger partial charge in [-0.2, -0.15) is 0 Å².